The van der Waals surface area contributed by atoms with Gasteiger partial charge in [0.05, 0.1) is 15.4 Å². The number of thiophene rings is 1. The molecule has 0 atom stereocenters. The summed E-state index contributed by atoms with van der Waals surface area (Å²) in [5, 5.41) is 0.848. The molecule has 16 heavy (non-hydrogen) atoms. The number of carbonyl (C=O) groups excluding carboxylic acids is 1. The van der Waals surface area contributed by atoms with Crippen molar-refractivity contribution >= 4 is 56.0 Å². The Morgan fingerprint density at radius 2 is 2.19 bits per heavy atom. The molecule has 2 nitrogen and oxygen atoms in total. The van der Waals surface area contributed by atoms with Crippen LogP contribution in [0.25, 0.3) is 9.88 Å². The maximum Gasteiger partial charge on any atom is 0.171 e. The molecule has 0 N–H and O–H groups in total. The third-order valence-electron chi connectivity index (χ3n) is 1.97. The van der Waals surface area contributed by atoms with E-state index in [2.05, 4.69) is 20.9 Å². The SMILES string of the molecule is CC(=O)c1sc(-c2cc(Br)c(Cl)s2)nc1C. The summed E-state index contributed by atoms with van der Waals surface area (Å²) < 4.78 is 1.57. The predicted octanol–water partition coefficient (Wildman–Crippen LogP) is 4.80. The van der Waals surface area contributed by atoms with Crippen LogP contribution in [0.3, 0.4) is 0 Å². The van der Waals surface area contributed by atoms with Gasteiger partial charge in [-0.2, -0.15) is 0 Å². The van der Waals surface area contributed by atoms with Crippen LogP contribution < -0.4 is 0 Å². The van der Waals surface area contributed by atoms with Crippen molar-refractivity contribution in [2.24, 2.45) is 0 Å². The van der Waals surface area contributed by atoms with Gasteiger partial charge in [0.25, 0.3) is 0 Å². The molecule has 2 heterocycles. The van der Waals surface area contributed by atoms with Gasteiger partial charge < -0.3 is 0 Å². The van der Waals surface area contributed by atoms with E-state index in [4.69, 9.17) is 11.6 Å². The summed E-state index contributed by atoms with van der Waals surface area (Å²) in [4.78, 5) is 17.4. The molecular formula is C10H7BrClNOS2. The van der Waals surface area contributed by atoms with E-state index >= 15 is 0 Å². The smallest absolute Gasteiger partial charge is 0.171 e. The number of nitrogens with zero attached hydrogens (tertiary/aromatic N) is 1. The summed E-state index contributed by atoms with van der Waals surface area (Å²) in [6.45, 7) is 3.41. The van der Waals surface area contributed by atoms with E-state index in [9.17, 15) is 4.79 Å². The zero-order valence-electron chi connectivity index (χ0n) is 8.51. The molecule has 0 unspecified atom stereocenters. The number of halogens is 2. The minimum atomic E-state index is 0.0583. The van der Waals surface area contributed by atoms with Crippen molar-refractivity contribution in [1.29, 1.82) is 0 Å². The average Bonchev–Trinajstić information content (AvgIpc) is 2.71. The molecule has 0 aromatic carbocycles. The number of Topliss-reactive ketones (excluding diaryl/α,β-unsaturated/α-hetero) is 1. The first-order valence-electron chi connectivity index (χ1n) is 4.42. The van der Waals surface area contributed by atoms with Gasteiger partial charge in [0.15, 0.2) is 5.78 Å². The predicted molar refractivity (Wildman–Crippen MR) is 72.9 cm³/mol. The van der Waals surface area contributed by atoms with Gasteiger partial charge in [-0.05, 0) is 28.9 Å². The van der Waals surface area contributed by atoms with Crippen molar-refractivity contribution in [3.05, 3.63) is 25.4 Å². The van der Waals surface area contributed by atoms with Crippen molar-refractivity contribution in [2.75, 3.05) is 0 Å². The lowest BCUT2D eigenvalue weighted by atomic mass is 10.3. The van der Waals surface area contributed by atoms with E-state index in [0.717, 1.165) is 24.9 Å². The molecular weight excluding hydrogens is 330 g/mol. The summed E-state index contributed by atoms with van der Waals surface area (Å²) in [6, 6.07) is 1.93. The van der Waals surface area contributed by atoms with Crippen LogP contribution >= 0.6 is 50.2 Å². The Labute approximate surface area is 114 Å². The fourth-order valence-electron chi connectivity index (χ4n) is 1.28. The second-order valence-corrected chi connectivity index (χ2v) is 6.73. The number of hydrogen-bond donors (Lipinski definition) is 0. The molecule has 2 aromatic rings. The van der Waals surface area contributed by atoms with Crippen molar-refractivity contribution in [3.63, 3.8) is 0 Å². The lowest BCUT2D eigenvalue weighted by molar-refractivity contribution is 0.102. The van der Waals surface area contributed by atoms with Crippen LogP contribution in [0, 0.1) is 6.92 Å². The fraction of sp³-hybridized carbons (Fsp3) is 0.200. The molecule has 0 spiro atoms. The van der Waals surface area contributed by atoms with Crippen molar-refractivity contribution in [3.8, 4) is 9.88 Å². The third-order valence-corrected chi connectivity index (χ3v) is 5.87. The number of aromatic nitrogens is 1. The molecule has 0 saturated carbocycles. The van der Waals surface area contributed by atoms with Gasteiger partial charge in [0.1, 0.15) is 9.34 Å². The average molecular weight is 337 g/mol. The van der Waals surface area contributed by atoms with Gasteiger partial charge in [0, 0.05) is 11.4 Å². The molecule has 0 radical (unpaired) electrons. The van der Waals surface area contributed by atoms with E-state index < -0.39 is 0 Å². The Morgan fingerprint density at radius 3 is 2.62 bits per heavy atom. The lowest BCUT2D eigenvalue weighted by Gasteiger charge is -1.86. The highest BCUT2D eigenvalue weighted by molar-refractivity contribution is 9.10. The van der Waals surface area contributed by atoms with Crippen molar-refractivity contribution in [2.45, 2.75) is 13.8 Å². The largest absolute Gasteiger partial charge is 0.294 e. The van der Waals surface area contributed by atoms with E-state index in [-0.39, 0.29) is 5.78 Å². The Morgan fingerprint density at radius 1 is 1.50 bits per heavy atom. The van der Waals surface area contributed by atoms with E-state index in [1.54, 1.807) is 6.92 Å². The van der Waals surface area contributed by atoms with E-state index in [1.807, 2.05) is 13.0 Å². The lowest BCUT2D eigenvalue weighted by Crippen LogP contribution is -1.89. The molecule has 84 valence electrons. The third kappa shape index (κ3) is 2.22. The minimum Gasteiger partial charge on any atom is -0.294 e. The summed E-state index contributed by atoms with van der Waals surface area (Å²) in [6.07, 6.45) is 0. The monoisotopic (exact) mass is 335 g/mol. The first-order chi connectivity index (χ1) is 7.49. The van der Waals surface area contributed by atoms with Crippen LogP contribution in [0.4, 0.5) is 0 Å². The van der Waals surface area contributed by atoms with E-state index in [0.29, 0.717) is 4.34 Å². The number of rotatable bonds is 2. The molecule has 2 aromatic heterocycles. The molecule has 0 amide bonds. The van der Waals surface area contributed by atoms with Gasteiger partial charge in [0.2, 0.25) is 0 Å². The number of ketones is 1. The summed E-state index contributed by atoms with van der Waals surface area (Å²) in [7, 11) is 0. The van der Waals surface area contributed by atoms with Crippen LogP contribution in [-0.4, -0.2) is 10.8 Å². The highest BCUT2D eigenvalue weighted by Crippen LogP contribution is 2.40. The van der Waals surface area contributed by atoms with E-state index in [1.165, 1.54) is 22.7 Å². The van der Waals surface area contributed by atoms with Crippen LogP contribution in [0.2, 0.25) is 4.34 Å². The Hall–Kier alpha value is -0.230. The minimum absolute atomic E-state index is 0.0583. The standard InChI is InChI=1S/C10H7BrClNOS2/c1-4-8(5(2)14)16-10(13-4)7-3-6(11)9(12)15-7/h3H,1-2H3. The number of aryl methyl sites for hydroxylation is 1. The number of carbonyl (C=O) groups is 1. The van der Waals surface area contributed by atoms with Crippen LogP contribution in [0.5, 0.6) is 0 Å². The molecule has 0 aliphatic carbocycles. The highest BCUT2D eigenvalue weighted by Gasteiger charge is 2.15. The second-order valence-electron chi connectivity index (χ2n) is 3.22. The Bertz CT molecular complexity index is 542. The molecule has 0 saturated heterocycles. The van der Waals surface area contributed by atoms with Gasteiger partial charge in [-0.25, -0.2) is 4.98 Å². The molecule has 0 fully saturated rings. The molecule has 0 aliphatic heterocycles. The Kier molecular flexibility index (Phi) is 3.49. The maximum absolute atomic E-state index is 11.3. The first kappa shape index (κ1) is 12.2. The zero-order chi connectivity index (χ0) is 11.9. The summed E-state index contributed by atoms with van der Waals surface area (Å²) in [5.41, 5.74) is 0.785. The molecule has 6 heteroatoms. The summed E-state index contributed by atoms with van der Waals surface area (Å²) >= 11 is 12.2. The Balaban J connectivity index is 2.49. The second kappa shape index (κ2) is 4.56. The normalized spacial score (nSPS) is 10.8. The molecule has 2 rings (SSSR count). The first-order valence-corrected chi connectivity index (χ1v) is 7.23. The van der Waals surface area contributed by atoms with Crippen LogP contribution in [-0.2, 0) is 0 Å². The molecule has 0 bridgehead atoms. The van der Waals surface area contributed by atoms with Gasteiger partial charge in [-0.15, -0.1) is 22.7 Å². The highest BCUT2D eigenvalue weighted by atomic mass is 79.9. The van der Waals surface area contributed by atoms with Gasteiger partial charge >= 0.3 is 0 Å². The number of thiazole rings is 1. The maximum atomic E-state index is 11.3. The number of hydrogen-bond acceptors (Lipinski definition) is 4. The fourth-order valence-corrected chi connectivity index (χ4v) is 3.99. The van der Waals surface area contributed by atoms with Crippen LogP contribution in [0.1, 0.15) is 22.3 Å². The topological polar surface area (TPSA) is 30.0 Å². The molecule has 0 aliphatic rings. The van der Waals surface area contributed by atoms with Crippen molar-refractivity contribution in [1.82, 2.24) is 4.98 Å². The van der Waals surface area contributed by atoms with Crippen molar-refractivity contribution < 1.29 is 4.79 Å². The van der Waals surface area contributed by atoms with Gasteiger partial charge in [-0.3, -0.25) is 4.79 Å². The zero-order valence-corrected chi connectivity index (χ0v) is 12.5. The summed E-state index contributed by atoms with van der Waals surface area (Å²) in [5.74, 6) is 0.0583. The van der Waals surface area contributed by atoms with Crippen LogP contribution in [0.15, 0.2) is 10.5 Å². The quantitative estimate of drug-likeness (QED) is 0.737. The van der Waals surface area contributed by atoms with Gasteiger partial charge in [-0.1, -0.05) is 11.6 Å².